The Morgan fingerprint density at radius 1 is 0.714 bits per heavy atom. The van der Waals surface area contributed by atoms with E-state index in [4.69, 9.17) is 32.7 Å². The van der Waals surface area contributed by atoms with Crippen molar-refractivity contribution in [2.24, 2.45) is 0 Å². The minimum Gasteiger partial charge on any atom is -0.378 e. The highest BCUT2D eigenvalue weighted by atomic mass is 35.5. The first kappa shape index (κ1) is 43.1. The SMILES string of the molecule is Cc1c(-c2ccc(Cl)cc2)c(C(=O)N2CCOCC2)n(CCS(C)(=O)=O)c1C(F)(F)F.Cc1c(C(F)(F)F)[nH]c(C(=O)N2CCOCC2)c1-c1ccc(Cl)cc1. The highest BCUT2D eigenvalue weighted by molar-refractivity contribution is 7.90. The number of hydrogen-bond acceptors (Lipinski definition) is 6. The number of nitrogens with one attached hydrogen (secondary N) is 1. The third kappa shape index (κ3) is 9.91. The van der Waals surface area contributed by atoms with E-state index < -0.39 is 57.7 Å². The Morgan fingerprint density at radius 2 is 1.16 bits per heavy atom. The Balaban J connectivity index is 0.000000219. The number of nitrogens with zero attached hydrogens (tertiary/aromatic N) is 3. The molecule has 1 N–H and O–H groups in total. The number of hydrogen-bond donors (Lipinski definition) is 1. The van der Waals surface area contributed by atoms with E-state index in [-0.39, 0.29) is 59.9 Å². The monoisotopic (exact) mass is 850 g/mol. The number of benzene rings is 2. The number of ether oxygens (including phenoxy) is 2. The molecular weight excluding hydrogens is 813 g/mol. The van der Waals surface area contributed by atoms with Gasteiger partial charge in [-0.25, -0.2) is 8.42 Å². The second-order valence-electron chi connectivity index (χ2n) is 13.2. The highest BCUT2D eigenvalue weighted by Crippen LogP contribution is 2.42. The van der Waals surface area contributed by atoms with E-state index in [1.165, 1.54) is 35.8 Å². The topological polar surface area (TPSA) is 114 Å². The van der Waals surface area contributed by atoms with Crippen molar-refractivity contribution in [3.05, 3.63) is 92.5 Å². The molecule has 4 heterocycles. The molecule has 0 unspecified atom stereocenters. The number of carbonyl (C=O) groups is 2. The molecule has 2 aromatic carbocycles. The van der Waals surface area contributed by atoms with Crippen molar-refractivity contribution in [1.82, 2.24) is 19.4 Å². The molecule has 2 aliphatic heterocycles. The molecule has 2 amide bonds. The van der Waals surface area contributed by atoms with Crippen molar-refractivity contribution in [3.8, 4) is 22.3 Å². The lowest BCUT2D eigenvalue weighted by Gasteiger charge is -2.28. The van der Waals surface area contributed by atoms with Gasteiger partial charge in [0.25, 0.3) is 11.8 Å². The maximum atomic E-state index is 14.1. The Kier molecular flexibility index (Phi) is 13.3. The van der Waals surface area contributed by atoms with Gasteiger partial charge in [-0.1, -0.05) is 47.5 Å². The molecule has 2 saturated heterocycles. The number of carbonyl (C=O) groups excluding carboxylic acids is 2. The van der Waals surface area contributed by atoms with Crippen LogP contribution in [-0.4, -0.2) is 104 Å². The molecule has 10 nitrogen and oxygen atoms in total. The van der Waals surface area contributed by atoms with Crippen LogP contribution in [0.3, 0.4) is 0 Å². The van der Waals surface area contributed by atoms with Crippen molar-refractivity contribution in [3.63, 3.8) is 0 Å². The zero-order valence-electron chi connectivity index (χ0n) is 30.4. The third-order valence-electron chi connectivity index (χ3n) is 9.27. The maximum absolute atomic E-state index is 14.1. The number of sulfone groups is 1. The Hall–Kier alpha value is -4.03. The first-order chi connectivity index (χ1) is 26.2. The predicted molar refractivity (Wildman–Crippen MR) is 199 cm³/mol. The van der Waals surface area contributed by atoms with Crippen molar-refractivity contribution in [2.45, 2.75) is 32.7 Å². The molecule has 0 atom stereocenters. The summed E-state index contributed by atoms with van der Waals surface area (Å²) in [5, 5.41) is 0.865. The molecule has 56 heavy (non-hydrogen) atoms. The Bertz CT molecular complexity index is 2160. The van der Waals surface area contributed by atoms with Crippen molar-refractivity contribution >= 4 is 44.9 Å². The average molecular weight is 852 g/mol. The van der Waals surface area contributed by atoms with Gasteiger partial charge in [0.15, 0.2) is 0 Å². The molecule has 2 aliphatic rings. The van der Waals surface area contributed by atoms with Gasteiger partial charge in [0.05, 0.1) is 32.2 Å². The number of halogens is 8. The fourth-order valence-electron chi connectivity index (χ4n) is 6.64. The van der Waals surface area contributed by atoms with Crippen LogP contribution in [0.5, 0.6) is 0 Å². The quantitative estimate of drug-likeness (QED) is 0.190. The van der Waals surface area contributed by atoms with Crippen LogP contribution in [0.25, 0.3) is 22.3 Å². The molecule has 2 fully saturated rings. The normalized spacial score (nSPS) is 15.4. The lowest BCUT2D eigenvalue weighted by atomic mass is 10.00. The van der Waals surface area contributed by atoms with Gasteiger partial charge in [-0.15, -0.1) is 0 Å². The van der Waals surface area contributed by atoms with Crippen LogP contribution in [-0.2, 0) is 38.2 Å². The summed E-state index contributed by atoms with van der Waals surface area (Å²) in [6.07, 6.45) is -8.42. The highest BCUT2D eigenvalue weighted by Gasteiger charge is 2.42. The minimum absolute atomic E-state index is 0.00793. The summed E-state index contributed by atoms with van der Waals surface area (Å²) < 4.78 is 117. The van der Waals surface area contributed by atoms with Gasteiger partial charge in [-0.05, 0) is 60.4 Å². The summed E-state index contributed by atoms with van der Waals surface area (Å²) in [4.78, 5) is 31.4. The van der Waals surface area contributed by atoms with E-state index in [1.54, 1.807) is 36.4 Å². The maximum Gasteiger partial charge on any atom is 0.431 e. The molecule has 0 aliphatic carbocycles. The van der Waals surface area contributed by atoms with E-state index in [0.717, 1.165) is 10.8 Å². The van der Waals surface area contributed by atoms with Gasteiger partial charge < -0.3 is 28.8 Å². The molecule has 0 radical (unpaired) electrons. The molecule has 0 saturated carbocycles. The zero-order chi connectivity index (χ0) is 41.2. The standard InChI is InChI=1S/C20H22ClF3N2O4S.C17H16ClF3N2O2/c1-13-16(14-3-5-15(21)6-4-14)17(19(27)25-7-10-30-11-8-25)26(9-12-31(2,28)29)18(13)20(22,23)24;1-10-13(11-2-4-12(18)5-3-11)14(22-15(10)17(19,20)21)16(24)23-6-8-25-9-7-23/h3-6H,7-12H2,1-2H3;2-5,22H,6-9H2,1H3. The van der Waals surface area contributed by atoms with Crippen LogP contribution < -0.4 is 0 Å². The van der Waals surface area contributed by atoms with Crippen molar-refractivity contribution in [2.75, 3.05) is 64.6 Å². The second-order valence-corrected chi connectivity index (χ2v) is 16.3. The first-order valence-electron chi connectivity index (χ1n) is 17.2. The van der Waals surface area contributed by atoms with Gasteiger partial charge in [-0.2, -0.15) is 26.3 Å². The van der Waals surface area contributed by atoms with Crippen LogP contribution in [0, 0.1) is 13.8 Å². The first-order valence-corrected chi connectivity index (χ1v) is 20.0. The van der Waals surface area contributed by atoms with E-state index in [0.29, 0.717) is 47.5 Å². The number of aromatic nitrogens is 2. The van der Waals surface area contributed by atoms with Crippen LogP contribution in [0.15, 0.2) is 48.5 Å². The summed E-state index contributed by atoms with van der Waals surface area (Å²) in [5.74, 6) is -1.60. The van der Waals surface area contributed by atoms with Crippen molar-refractivity contribution < 1.29 is 53.8 Å². The number of aromatic amines is 1. The number of rotatable bonds is 7. The lowest BCUT2D eigenvalue weighted by Crippen LogP contribution is -2.42. The van der Waals surface area contributed by atoms with Gasteiger partial charge in [0.1, 0.15) is 32.6 Å². The molecular formula is C37H38Cl2F6N4O6S. The molecule has 6 rings (SSSR count). The summed E-state index contributed by atoms with van der Waals surface area (Å²) in [6.45, 7) is 4.60. The van der Waals surface area contributed by atoms with Gasteiger partial charge in [0, 0.05) is 60.2 Å². The van der Waals surface area contributed by atoms with E-state index >= 15 is 0 Å². The fourth-order valence-corrected chi connectivity index (χ4v) is 7.41. The molecule has 0 spiro atoms. The fraction of sp³-hybridized carbons (Fsp3) is 0.405. The average Bonchev–Trinajstić information content (AvgIpc) is 3.65. The zero-order valence-corrected chi connectivity index (χ0v) is 32.7. The second kappa shape index (κ2) is 17.2. The van der Waals surface area contributed by atoms with E-state index in [1.807, 2.05) is 0 Å². The van der Waals surface area contributed by atoms with E-state index in [9.17, 15) is 44.3 Å². The van der Waals surface area contributed by atoms with Gasteiger partial charge >= 0.3 is 12.4 Å². The minimum atomic E-state index is -4.79. The van der Waals surface area contributed by atoms with Crippen LogP contribution >= 0.6 is 23.2 Å². The summed E-state index contributed by atoms with van der Waals surface area (Å²) >= 11 is 11.8. The Labute approximate surface area is 329 Å². The van der Waals surface area contributed by atoms with Gasteiger partial charge in [-0.3, -0.25) is 9.59 Å². The number of alkyl halides is 6. The number of H-pyrrole nitrogens is 1. The molecule has 4 aromatic rings. The smallest absolute Gasteiger partial charge is 0.378 e. The number of amides is 2. The summed E-state index contributed by atoms with van der Waals surface area (Å²) in [6, 6.07) is 12.5. The molecule has 2 aromatic heterocycles. The molecule has 19 heteroatoms. The Morgan fingerprint density at radius 3 is 1.59 bits per heavy atom. The predicted octanol–water partition coefficient (Wildman–Crippen LogP) is 7.79. The lowest BCUT2D eigenvalue weighted by molar-refractivity contribution is -0.144. The van der Waals surface area contributed by atoms with Gasteiger partial charge in [0.2, 0.25) is 0 Å². The van der Waals surface area contributed by atoms with Crippen molar-refractivity contribution in [1.29, 1.82) is 0 Å². The number of morpholine rings is 2. The van der Waals surface area contributed by atoms with E-state index in [2.05, 4.69) is 4.98 Å². The molecule has 0 bridgehead atoms. The molecule has 304 valence electrons. The largest absolute Gasteiger partial charge is 0.431 e. The summed E-state index contributed by atoms with van der Waals surface area (Å²) in [5.41, 5.74) is -1.06. The van der Waals surface area contributed by atoms with Crippen LogP contribution in [0.1, 0.15) is 43.5 Å². The summed E-state index contributed by atoms with van der Waals surface area (Å²) in [7, 11) is -3.58. The van der Waals surface area contributed by atoms with Crippen LogP contribution in [0.4, 0.5) is 26.3 Å². The van der Waals surface area contributed by atoms with Crippen LogP contribution in [0.2, 0.25) is 10.0 Å². The third-order valence-corrected chi connectivity index (χ3v) is 10.7.